The molecule has 12 N–H and O–H groups in total. The Morgan fingerprint density at radius 3 is 2.12 bits per heavy atom. The van der Waals surface area contributed by atoms with Crippen molar-refractivity contribution in [2.24, 2.45) is 28.9 Å². The second-order valence-electron chi connectivity index (χ2n) is 19.9. The van der Waals surface area contributed by atoms with Crippen LogP contribution in [0.5, 0.6) is 5.75 Å². The number of piperidine rings is 1. The van der Waals surface area contributed by atoms with Gasteiger partial charge in [0, 0.05) is 84.0 Å². The lowest BCUT2D eigenvalue weighted by molar-refractivity contribution is -0.866. The molecule has 1 fully saturated rings. The Kier molecular flexibility index (Phi) is 31.2. The first-order valence-electron chi connectivity index (χ1n) is 27.0. The van der Waals surface area contributed by atoms with Crippen LogP contribution in [0, 0.1) is 5.92 Å². The normalized spacial score (nSPS) is 16.1. The van der Waals surface area contributed by atoms with E-state index in [2.05, 4.69) is 32.0 Å². The third-order valence-corrected chi connectivity index (χ3v) is 13.4. The SMILES string of the molecule is CCN(C)C(=O)C(Cc1cccnc1)NC(=O)CCC(N)=O.CNCC(=O)C(C)Cc1ccc(OCCNC(CCCCNC(C)=O)C(N)=O)cc1.C[N+]1(C(=O)CCc2ccc3ccccc3c2)CC(F)(F)CCC1C(N)=O.NC=O. The molecule has 8 amide bonds. The highest BCUT2D eigenvalue weighted by atomic mass is 19.3. The van der Waals surface area contributed by atoms with Crippen LogP contribution in [0.25, 0.3) is 10.8 Å². The minimum absolute atomic E-state index is 0.0258. The second-order valence-corrected chi connectivity index (χ2v) is 19.9. The molecule has 5 atom stereocenters. The van der Waals surface area contributed by atoms with Crippen molar-refractivity contribution in [1.82, 2.24) is 31.2 Å². The van der Waals surface area contributed by atoms with E-state index in [1.165, 1.54) is 18.9 Å². The van der Waals surface area contributed by atoms with Gasteiger partial charge in [-0.3, -0.25) is 43.3 Å². The Bertz CT molecular complexity index is 2650. The second kappa shape index (κ2) is 36.5. The number of amides is 8. The van der Waals surface area contributed by atoms with Crippen LogP contribution < -0.4 is 48.9 Å². The summed E-state index contributed by atoms with van der Waals surface area (Å²) >= 11 is 0. The number of hydrogen-bond acceptors (Lipinski definition) is 13. The number of nitrogens with zero attached hydrogens (tertiary/aromatic N) is 3. The number of benzene rings is 3. The maximum absolute atomic E-state index is 13.9. The molecule has 1 aromatic heterocycles. The van der Waals surface area contributed by atoms with Crippen molar-refractivity contribution in [2.45, 2.75) is 115 Å². The zero-order chi connectivity index (χ0) is 60.5. The summed E-state index contributed by atoms with van der Waals surface area (Å²) in [4.78, 5) is 108. The zero-order valence-electron chi connectivity index (χ0n) is 47.6. The molecule has 4 aromatic rings. The van der Waals surface area contributed by atoms with Crippen LogP contribution in [0.1, 0.15) is 88.8 Å². The number of nitrogens with one attached hydrogen (secondary N) is 4. The van der Waals surface area contributed by atoms with Gasteiger partial charge in [-0.05, 0) is 91.7 Å². The third-order valence-electron chi connectivity index (χ3n) is 13.4. The minimum Gasteiger partial charge on any atom is -0.492 e. The largest absolute Gasteiger partial charge is 0.492 e. The van der Waals surface area contributed by atoms with E-state index in [1.54, 1.807) is 32.6 Å². The number of aryl methyl sites for hydroxylation is 1. The van der Waals surface area contributed by atoms with E-state index in [1.807, 2.05) is 86.6 Å². The summed E-state index contributed by atoms with van der Waals surface area (Å²) in [6.45, 7) is 7.03. The number of likely N-dealkylation sites (N-methyl/N-ethyl adjacent to an activating group) is 3. The predicted molar refractivity (Wildman–Crippen MR) is 305 cm³/mol. The number of alkyl halides is 2. The van der Waals surface area contributed by atoms with Gasteiger partial charge in [0.1, 0.15) is 24.2 Å². The number of pyridine rings is 1. The third kappa shape index (κ3) is 26.4. The van der Waals surface area contributed by atoms with E-state index in [0.29, 0.717) is 58.5 Å². The van der Waals surface area contributed by atoms with Crippen molar-refractivity contribution in [1.29, 1.82) is 0 Å². The number of fused-ring (bicyclic) bond motifs is 1. The first kappa shape index (κ1) is 69.3. The summed E-state index contributed by atoms with van der Waals surface area (Å²) < 4.78 is 32.9. The number of aromatic nitrogens is 1. The molecule has 0 aliphatic carbocycles. The Labute approximate surface area is 473 Å². The Morgan fingerprint density at radius 2 is 1.53 bits per heavy atom. The van der Waals surface area contributed by atoms with E-state index in [-0.39, 0.29) is 73.3 Å². The smallest absolute Gasteiger partial charge is 0.314 e. The molecule has 0 saturated carbocycles. The van der Waals surface area contributed by atoms with Crippen molar-refractivity contribution in [2.75, 3.05) is 60.5 Å². The predicted octanol–water partition coefficient (Wildman–Crippen LogP) is 2.77. The van der Waals surface area contributed by atoms with Crippen molar-refractivity contribution in [3.05, 3.63) is 108 Å². The van der Waals surface area contributed by atoms with E-state index in [4.69, 9.17) is 26.7 Å². The van der Waals surface area contributed by atoms with Crippen molar-refractivity contribution in [3.8, 4) is 5.75 Å². The van der Waals surface area contributed by atoms with Crippen molar-refractivity contribution in [3.63, 3.8) is 0 Å². The van der Waals surface area contributed by atoms with E-state index in [9.17, 15) is 47.1 Å². The van der Waals surface area contributed by atoms with Crippen LogP contribution in [0.4, 0.5) is 8.78 Å². The van der Waals surface area contributed by atoms with Crippen LogP contribution in [-0.2, 0) is 62.4 Å². The maximum atomic E-state index is 13.9. The number of quaternary nitrogens is 1. The highest BCUT2D eigenvalue weighted by Crippen LogP contribution is 2.35. The molecule has 1 aliphatic rings. The van der Waals surface area contributed by atoms with E-state index in [0.717, 1.165) is 46.1 Å². The average Bonchev–Trinajstić information content (AvgIpc) is 3.60. The van der Waals surface area contributed by atoms with Gasteiger partial charge in [-0.1, -0.05) is 67.6 Å². The summed E-state index contributed by atoms with van der Waals surface area (Å²) in [5.41, 5.74) is 22.9. The molecule has 5 unspecified atom stereocenters. The first-order chi connectivity index (χ1) is 38.4. The molecule has 21 nitrogen and oxygen atoms in total. The molecular formula is C58H84F2N11O10+. The lowest BCUT2D eigenvalue weighted by atomic mass is 9.94. The fraction of sp³-hybridized carbons (Fsp3) is 0.483. The molecule has 0 radical (unpaired) electrons. The Balaban J connectivity index is 0.000000409. The lowest BCUT2D eigenvalue weighted by Gasteiger charge is -2.43. The van der Waals surface area contributed by atoms with E-state index >= 15 is 0 Å². The molecule has 81 heavy (non-hydrogen) atoms. The number of hydrogen-bond donors (Lipinski definition) is 8. The number of ether oxygens (including phenoxy) is 1. The fourth-order valence-electron chi connectivity index (χ4n) is 8.79. The van der Waals surface area contributed by atoms with Crippen LogP contribution in [0.15, 0.2) is 91.3 Å². The Morgan fingerprint density at radius 1 is 0.864 bits per heavy atom. The number of ketones is 1. The van der Waals surface area contributed by atoms with Gasteiger partial charge in [-0.2, -0.15) is 0 Å². The summed E-state index contributed by atoms with van der Waals surface area (Å²) in [5.74, 6) is -4.66. The summed E-state index contributed by atoms with van der Waals surface area (Å²) in [7, 11) is 4.85. The number of likely N-dealkylation sites (tertiary alicyclic amines) is 1. The monoisotopic (exact) mass is 1130 g/mol. The molecule has 2 heterocycles. The number of nitrogens with two attached hydrogens (primary N) is 4. The van der Waals surface area contributed by atoms with Gasteiger partial charge >= 0.3 is 5.91 Å². The first-order valence-corrected chi connectivity index (χ1v) is 27.0. The molecule has 1 saturated heterocycles. The van der Waals surface area contributed by atoms with Crippen LogP contribution in [0.2, 0.25) is 0 Å². The van der Waals surface area contributed by atoms with Gasteiger partial charge in [-0.25, -0.2) is 18.1 Å². The molecule has 5 rings (SSSR count). The number of Topliss-reactive ketones (excluding diaryl/α,β-unsaturated/α-hetero) is 1. The summed E-state index contributed by atoms with van der Waals surface area (Å²) in [6, 6.07) is 23.1. The number of unbranched alkanes of at least 4 members (excludes halogenated alkanes) is 1. The van der Waals surface area contributed by atoms with E-state index < -0.39 is 53.3 Å². The van der Waals surface area contributed by atoms with Gasteiger partial charge in [0.05, 0.1) is 26.1 Å². The fourth-order valence-corrected chi connectivity index (χ4v) is 8.79. The van der Waals surface area contributed by atoms with Crippen LogP contribution >= 0.6 is 0 Å². The van der Waals surface area contributed by atoms with Crippen molar-refractivity contribution < 1.29 is 61.2 Å². The van der Waals surface area contributed by atoms with Gasteiger partial charge < -0.3 is 53.8 Å². The number of carbonyl (C=O) groups is 9. The quantitative estimate of drug-likeness (QED) is 0.0231. The molecule has 3 aromatic carbocycles. The van der Waals surface area contributed by atoms with Crippen molar-refractivity contribution >= 4 is 64.3 Å². The lowest BCUT2D eigenvalue weighted by Crippen LogP contribution is -2.67. The average molecular weight is 1130 g/mol. The zero-order valence-corrected chi connectivity index (χ0v) is 47.6. The van der Waals surface area contributed by atoms with Crippen LogP contribution in [0.3, 0.4) is 0 Å². The Hall–Kier alpha value is -7.76. The number of rotatable bonds is 28. The highest BCUT2D eigenvalue weighted by Gasteiger charge is 2.54. The highest BCUT2D eigenvalue weighted by molar-refractivity contribution is 5.89. The topological polar surface area (TPSA) is 331 Å². The summed E-state index contributed by atoms with van der Waals surface area (Å²) in [6.07, 6.45) is 6.79. The maximum Gasteiger partial charge on any atom is 0.314 e. The molecule has 0 spiro atoms. The van der Waals surface area contributed by atoms with Gasteiger partial charge in [-0.15, -0.1) is 0 Å². The molecule has 23 heteroatoms. The molecule has 0 bridgehead atoms. The minimum atomic E-state index is -2.96. The van der Waals surface area contributed by atoms with Crippen LogP contribution in [-0.4, -0.2) is 152 Å². The molecular weight excluding hydrogens is 1050 g/mol. The molecule has 1 aliphatic heterocycles. The van der Waals surface area contributed by atoms with Gasteiger partial charge in [0.15, 0.2) is 12.6 Å². The number of halogens is 2. The number of carbonyl (C=O) groups excluding carboxylic acids is 9. The number of primary amides is 4. The van der Waals surface area contributed by atoms with Gasteiger partial charge in [0.2, 0.25) is 35.9 Å². The molecule has 444 valence electrons. The van der Waals surface area contributed by atoms with Gasteiger partial charge in [0.25, 0.3) is 11.8 Å². The summed E-state index contributed by atoms with van der Waals surface area (Å²) in [5, 5.41) is 13.6. The standard InChI is InChI=1S/C22H36N4O4.C20H22F2N2O2.C15H22N4O3.CH3NO/c1-16(21(28)15-24-3)14-18-7-9-19(10-8-18)30-13-12-26-20(22(23)29)6-4-5-11-25-17(2)27;1-24(13-20(21,22)11-10-17(24)19(23)26)18(25)9-7-14-6-8-15-4-2-3-5-16(15)12-14;1-3-19(2)15(22)12(9-11-5-4-8-17-10-11)18-14(21)7-6-13(16)20;2-1-3/h7-10,16,20,24,26H,4-6,11-15H2,1-3H3,(H2,23,29)(H,25,27);2-6,8,12,17H,7,9-11,13H2,1H3,(H-,23,26);4-5,8,10,12H,3,6-7,9H2,1-2H3,(H2,16,20)(H,18,21);1H,(H2,2,3)/p+1.